The van der Waals surface area contributed by atoms with E-state index in [0.29, 0.717) is 0 Å². The van der Waals surface area contributed by atoms with Gasteiger partial charge in [0, 0.05) is 39.5 Å². The van der Waals surface area contributed by atoms with Crippen molar-refractivity contribution in [3.8, 4) is 0 Å². The number of unbranched alkanes of at least 4 members (excludes halogenated alkanes) is 1. The molecule has 3 N–H and O–H groups in total. The molecule has 1 fully saturated rings. The molecule has 0 radical (unpaired) electrons. The van der Waals surface area contributed by atoms with Gasteiger partial charge in [-0.15, -0.1) is 0 Å². The molecule has 5 heteroatoms. The van der Waals surface area contributed by atoms with Gasteiger partial charge in [-0.25, -0.2) is 0 Å². The first-order valence-electron chi connectivity index (χ1n) is 9.97. The number of aliphatic hydroxyl groups excluding tert-OH is 1. The molecule has 1 aliphatic carbocycles. The molecule has 0 aliphatic heterocycles. The highest BCUT2D eigenvalue weighted by Crippen LogP contribution is 2.39. The predicted octanol–water partition coefficient (Wildman–Crippen LogP) is 3.08. The van der Waals surface area contributed by atoms with Gasteiger partial charge in [0.1, 0.15) is 0 Å². The highest BCUT2D eigenvalue weighted by molar-refractivity contribution is 5.79. The topological polar surface area (TPSA) is 65.9 Å². The first-order valence-corrected chi connectivity index (χ1v) is 9.97. The van der Waals surface area contributed by atoms with E-state index in [1.807, 2.05) is 0 Å². The third-order valence-corrected chi connectivity index (χ3v) is 4.87. The third kappa shape index (κ3) is 8.88. The van der Waals surface area contributed by atoms with Crippen LogP contribution in [0.4, 0.5) is 0 Å². The number of hydrogen-bond donors (Lipinski definition) is 3. The summed E-state index contributed by atoms with van der Waals surface area (Å²) in [7, 11) is 0. The number of aliphatic imine (C=N–C) groups is 1. The minimum atomic E-state index is 0.207. The summed E-state index contributed by atoms with van der Waals surface area (Å²) >= 11 is 0. The van der Waals surface area contributed by atoms with E-state index in [9.17, 15) is 5.11 Å². The van der Waals surface area contributed by atoms with Crippen LogP contribution in [0.1, 0.15) is 71.6 Å². The second-order valence-corrected chi connectivity index (χ2v) is 6.98. The van der Waals surface area contributed by atoms with E-state index in [1.165, 1.54) is 38.5 Å². The molecule has 0 amide bonds. The van der Waals surface area contributed by atoms with E-state index in [4.69, 9.17) is 9.73 Å². The largest absolute Gasteiger partial charge is 0.396 e. The Morgan fingerprint density at radius 2 is 1.83 bits per heavy atom. The maximum absolute atomic E-state index is 9.42. The molecule has 24 heavy (non-hydrogen) atoms. The summed E-state index contributed by atoms with van der Waals surface area (Å²) < 4.78 is 5.59. The standard InChI is InChI=1S/C19H39N3O2/c1-3-5-15-24-16-9-13-21-18(20-4-2)22-17-19(12-14-23)10-7-6-8-11-19/h23H,3-17H2,1-2H3,(H2,20,21,22). The molecule has 0 spiro atoms. The number of guanidine groups is 1. The molecule has 0 atom stereocenters. The van der Waals surface area contributed by atoms with Crippen LogP contribution in [0.15, 0.2) is 4.99 Å². The summed E-state index contributed by atoms with van der Waals surface area (Å²) in [5.74, 6) is 0.897. The molecule has 142 valence electrons. The van der Waals surface area contributed by atoms with Crippen LogP contribution in [0, 0.1) is 5.41 Å². The fourth-order valence-corrected chi connectivity index (χ4v) is 3.34. The second-order valence-electron chi connectivity index (χ2n) is 6.98. The highest BCUT2D eigenvalue weighted by Gasteiger charge is 2.31. The summed E-state index contributed by atoms with van der Waals surface area (Å²) in [6.07, 6.45) is 10.5. The Balaban J connectivity index is 2.37. The molecule has 1 saturated carbocycles. The molecule has 0 aromatic rings. The maximum atomic E-state index is 9.42. The number of hydrogen-bond acceptors (Lipinski definition) is 3. The Morgan fingerprint density at radius 3 is 2.50 bits per heavy atom. The molecule has 0 aromatic carbocycles. The van der Waals surface area contributed by atoms with Crippen LogP contribution in [0.2, 0.25) is 0 Å². The highest BCUT2D eigenvalue weighted by atomic mass is 16.5. The van der Waals surface area contributed by atoms with Gasteiger partial charge in [-0.05, 0) is 44.4 Å². The zero-order chi connectivity index (χ0) is 17.5. The first-order chi connectivity index (χ1) is 11.8. The van der Waals surface area contributed by atoms with Crippen molar-refractivity contribution in [1.82, 2.24) is 10.6 Å². The number of ether oxygens (including phenoxy) is 1. The minimum absolute atomic E-state index is 0.207. The van der Waals surface area contributed by atoms with E-state index >= 15 is 0 Å². The Kier molecular flexibility index (Phi) is 11.9. The lowest BCUT2D eigenvalue weighted by atomic mass is 9.72. The SMILES string of the molecule is CCCCOCCCNC(=NCC1(CCO)CCCCC1)NCC. The zero-order valence-corrected chi connectivity index (χ0v) is 15.9. The van der Waals surface area contributed by atoms with Crippen molar-refractivity contribution in [3.05, 3.63) is 0 Å². The smallest absolute Gasteiger partial charge is 0.191 e. The van der Waals surface area contributed by atoms with Crippen molar-refractivity contribution in [3.63, 3.8) is 0 Å². The average Bonchev–Trinajstić information content (AvgIpc) is 2.60. The Hall–Kier alpha value is -0.810. The van der Waals surface area contributed by atoms with E-state index < -0.39 is 0 Å². The lowest BCUT2D eigenvalue weighted by Crippen LogP contribution is -2.39. The van der Waals surface area contributed by atoms with Crippen molar-refractivity contribution in [2.45, 2.75) is 71.6 Å². The summed E-state index contributed by atoms with van der Waals surface area (Å²) in [5, 5.41) is 16.2. The van der Waals surface area contributed by atoms with Crippen LogP contribution in [-0.2, 0) is 4.74 Å². The van der Waals surface area contributed by atoms with Crippen molar-refractivity contribution >= 4 is 5.96 Å². The van der Waals surface area contributed by atoms with E-state index in [0.717, 1.165) is 58.1 Å². The summed E-state index contributed by atoms with van der Waals surface area (Å²) in [5.41, 5.74) is 0.207. The van der Waals surface area contributed by atoms with E-state index in [2.05, 4.69) is 24.5 Å². The molecular weight excluding hydrogens is 302 g/mol. The molecule has 0 unspecified atom stereocenters. The summed E-state index contributed by atoms with van der Waals surface area (Å²) in [6.45, 7) is 8.78. The Labute approximate surface area is 148 Å². The van der Waals surface area contributed by atoms with Crippen LogP contribution in [0.3, 0.4) is 0 Å². The summed E-state index contributed by atoms with van der Waals surface area (Å²) in [4.78, 5) is 4.82. The van der Waals surface area contributed by atoms with Gasteiger partial charge >= 0.3 is 0 Å². The molecule has 0 bridgehead atoms. The van der Waals surface area contributed by atoms with Gasteiger partial charge < -0.3 is 20.5 Å². The number of aliphatic hydroxyl groups is 1. The average molecular weight is 342 g/mol. The van der Waals surface area contributed by atoms with Gasteiger partial charge in [-0.2, -0.15) is 0 Å². The molecule has 0 heterocycles. The molecular formula is C19H39N3O2. The number of nitrogens with zero attached hydrogens (tertiary/aromatic N) is 1. The number of rotatable bonds is 12. The lowest BCUT2D eigenvalue weighted by Gasteiger charge is -2.35. The van der Waals surface area contributed by atoms with Crippen molar-refractivity contribution in [2.24, 2.45) is 10.4 Å². The lowest BCUT2D eigenvalue weighted by molar-refractivity contribution is 0.129. The molecule has 0 saturated heterocycles. The van der Waals surface area contributed by atoms with Crippen molar-refractivity contribution in [1.29, 1.82) is 0 Å². The van der Waals surface area contributed by atoms with Gasteiger partial charge in [0.05, 0.1) is 0 Å². The zero-order valence-electron chi connectivity index (χ0n) is 15.9. The Morgan fingerprint density at radius 1 is 1.08 bits per heavy atom. The van der Waals surface area contributed by atoms with Gasteiger partial charge in [-0.1, -0.05) is 32.6 Å². The van der Waals surface area contributed by atoms with Gasteiger partial charge in [0.15, 0.2) is 5.96 Å². The van der Waals surface area contributed by atoms with Gasteiger partial charge in [-0.3, -0.25) is 4.99 Å². The van der Waals surface area contributed by atoms with Gasteiger partial charge in [0.25, 0.3) is 0 Å². The predicted molar refractivity (Wildman–Crippen MR) is 102 cm³/mol. The third-order valence-electron chi connectivity index (χ3n) is 4.87. The van der Waals surface area contributed by atoms with Crippen LogP contribution in [0.25, 0.3) is 0 Å². The monoisotopic (exact) mass is 341 g/mol. The molecule has 5 nitrogen and oxygen atoms in total. The van der Waals surface area contributed by atoms with E-state index in [-0.39, 0.29) is 12.0 Å². The number of nitrogens with one attached hydrogen (secondary N) is 2. The van der Waals surface area contributed by atoms with Crippen LogP contribution in [-0.4, -0.2) is 50.5 Å². The fraction of sp³-hybridized carbons (Fsp3) is 0.947. The maximum Gasteiger partial charge on any atom is 0.191 e. The molecule has 1 aliphatic rings. The second kappa shape index (κ2) is 13.5. The van der Waals surface area contributed by atoms with Crippen LogP contribution < -0.4 is 10.6 Å². The van der Waals surface area contributed by atoms with E-state index in [1.54, 1.807) is 0 Å². The molecule has 1 rings (SSSR count). The van der Waals surface area contributed by atoms with Crippen LogP contribution >= 0.6 is 0 Å². The molecule has 0 aromatic heterocycles. The van der Waals surface area contributed by atoms with Crippen molar-refractivity contribution in [2.75, 3.05) is 39.5 Å². The van der Waals surface area contributed by atoms with Crippen LogP contribution in [0.5, 0.6) is 0 Å². The fourth-order valence-electron chi connectivity index (χ4n) is 3.34. The minimum Gasteiger partial charge on any atom is -0.396 e. The normalized spacial score (nSPS) is 17.7. The quantitative estimate of drug-likeness (QED) is 0.290. The summed E-state index contributed by atoms with van der Waals surface area (Å²) in [6, 6.07) is 0. The van der Waals surface area contributed by atoms with Crippen molar-refractivity contribution < 1.29 is 9.84 Å². The van der Waals surface area contributed by atoms with Gasteiger partial charge in [0.2, 0.25) is 0 Å². The first kappa shape index (κ1) is 21.2. The Bertz CT molecular complexity index is 323.